The summed E-state index contributed by atoms with van der Waals surface area (Å²) in [4.78, 5) is 20.3. The number of aryl methyl sites for hydroxylation is 1. The molecule has 0 saturated heterocycles. The van der Waals surface area contributed by atoms with E-state index >= 15 is 0 Å². The minimum Gasteiger partial charge on any atom is -0.356 e. The van der Waals surface area contributed by atoms with Crippen molar-refractivity contribution in [2.45, 2.75) is 32.6 Å². The molecule has 106 valence electrons. The molecule has 5 heteroatoms. The van der Waals surface area contributed by atoms with Crippen molar-refractivity contribution < 1.29 is 4.79 Å². The summed E-state index contributed by atoms with van der Waals surface area (Å²) in [6.45, 7) is 2.88. The van der Waals surface area contributed by atoms with E-state index in [1.807, 2.05) is 17.5 Å². The van der Waals surface area contributed by atoms with Gasteiger partial charge in [0.25, 0.3) is 0 Å². The van der Waals surface area contributed by atoms with Gasteiger partial charge in [-0.3, -0.25) is 9.78 Å². The summed E-state index contributed by atoms with van der Waals surface area (Å²) in [5.74, 6) is 0.106. The standard InChI is InChI=1S/C15H19N3OS/c1-2-3-9-17-14(19)7-6-13-11-20-15(18-13)12-5-4-8-16-10-12/h4-5,8,10-11H,2-3,6-7,9H2,1H3,(H,17,19). The molecule has 0 aromatic carbocycles. The minimum absolute atomic E-state index is 0.106. The fourth-order valence-electron chi connectivity index (χ4n) is 1.78. The summed E-state index contributed by atoms with van der Waals surface area (Å²) in [5, 5.41) is 5.89. The molecule has 0 aliphatic heterocycles. The Hall–Kier alpha value is -1.75. The summed E-state index contributed by atoms with van der Waals surface area (Å²) >= 11 is 1.59. The SMILES string of the molecule is CCCCNC(=O)CCc1csc(-c2cccnc2)n1. The number of hydrogen-bond donors (Lipinski definition) is 1. The van der Waals surface area contributed by atoms with E-state index in [4.69, 9.17) is 0 Å². The predicted molar refractivity (Wildman–Crippen MR) is 81.6 cm³/mol. The van der Waals surface area contributed by atoms with Crippen LogP contribution in [0.15, 0.2) is 29.9 Å². The molecule has 20 heavy (non-hydrogen) atoms. The van der Waals surface area contributed by atoms with Crippen LogP contribution in [-0.2, 0) is 11.2 Å². The molecule has 4 nitrogen and oxygen atoms in total. The van der Waals surface area contributed by atoms with Gasteiger partial charge in [0.1, 0.15) is 5.01 Å². The van der Waals surface area contributed by atoms with Gasteiger partial charge in [-0.2, -0.15) is 0 Å². The molecule has 0 aliphatic rings. The van der Waals surface area contributed by atoms with E-state index in [2.05, 4.69) is 22.2 Å². The van der Waals surface area contributed by atoms with Crippen molar-refractivity contribution in [1.29, 1.82) is 0 Å². The highest BCUT2D eigenvalue weighted by atomic mass is 32.1. The Kier molecular flexibility index (Phi) is 5.68. The number of rotatable bonds is 7. The number of nitrogens with one attached hydrogen (secondary N) is 1. The smallest absolute Gasteiger partial charge is 0.220 e. The lowest BCUT2D eigenvalue weighted by Gasteiger charge is -2.02. The van der Waals surface area contributed by atoms with E-state index < -0.39 is 0 Å². The van der Waals surface area contributed by atoms with E-state index in [9.17, 15) is 4.79 Å². The zero-order chi connectivity index (χ0) is 14.2. The lowest BCUT2D eigenvalue weighted by atomic mass is 10.2. The zero-order valence-electron chi connectivity index (χ0n) is 11.6. The van der Waals surface area contributed by atoms with E-state index in [-0.39, 0.29) is 5.91 Å². The molecule has 0 atom stereocenters. The lowest BCUT2D eigenvalue weighted by molar-refractivity contribution is -0.121. The fourth-order valence-corrected chi connectivity index (χ4v) is 2.62. The van der Waals surface area contributed by atoms with Crippen LogP contribution in [0, 0.1) is 0 Å². The van der Waals surface area contributed by atoms with Crippen molar-refractivity contribution >= 4 is 17.2 Å². The molecule has 2 aromatic rings. The van der Waals surface area contributed by atoms with Crippen molar-refractivity contribution in [3.05, 3.63) is 35.6 Å². The van der Waals surface area contributed by atoms with Gasteiger partial charge in [0.2, 0.25) is 5.91 Å². The molecule has 2 heterocycles. The molecule has 0 saturated carbocycles. The van der Waals surface area contributed by atoms with E-state index in [0.29, 0.717) is 12.8 Å². The molecule has 1 N–H and O–H groups in total. The second-order valence-electron chi connectivity index (χ2n) is 4.59. The number of hydrogen-bond acceptors (Lipinski definition) is 4. The number of nitrogens with zero attached hydrogens (tertiary/aromatic N) is 2. The maximum atomic E-state index is 11.6. The number of amides is 1. The van der Waals surface area contributed by atoms with Crippen molar-refractivity contribution in [2.75, 3.05) is 6.54 Å². The molecule has 2 rings (SSSR count). The van der Waals surface area contributed by atoms with Crippen molar-refractivity contribution in [2.24, 2.45) is 0 Å². The van der Waals surface area contributed by atoms with Crippen LogP contribution in [0.2, 0.25) is 0 Å². The van der Waals surface area contributed by atoms with Gasteiger partial charge in [-0.15, -0.1) is 11.3 Å². The van der Waals surface area contributed by atoms with Gasteiger partial charge in [0, 0.05) is 36.3 Å². The van der Waals surface area contributed by atoms with Gasteiger partial charge in [-0.25, -0.2) is 4.98 Å². The average Bonchev–Trinajstić information content (AvgIpc) is 2.95. The highest BCUT2D eigenvalue weighted by Crippen LogP contribution is 2.23. The first kappa shape index (κ1) is 14.7. The summed E-state index contributed by atoms with van der Waals surface area (Å²) in [5.41, 5.74) is 2.00. The third-order valence-corrected chi connectivity index (χ3v) is 3.86. The van der Waals surface area contributed by atoms with Gasteiger partial charge in [0.05, 0.1) is 5.69 Å². The topological polar surface area (TPSA) is 54.9 Å². The number of carbonyl (C=O) groups is 1. The summed E-state index contributed by atoms with van der Waals surface area (Å²) < 4.78 is 0. The van der Waals surface area contributed by atoms with E-state index in [1.54, 1.807) is 23.7 Å². The Morgan fingerprint density at radius 1 is 1.45 bits per heavy atom. The molecule has 0 unspecified atom stereocenters. The molecule has 0 spiro atoms. The van der Waals surface area contributed by atoms with Crippen LogP contribution in [0.4, 0.5) is 0 Å². The second-order valence-corrected chi connectivity index (χ2v) is 5.45. The van der Waals surface area contributed by atoms with E-state index in [0.717, 1.165) is 35.7 Å². The zero-order valence-corrected chi connectivity index (χ0v) is 12.4. The highest BCUT2D eigenvalue weighted by Gasteiger charge is 2.07. The van der Waals surface area contributed by atoms with Gasteiger partial charge in [0.15, 0.2) is 0 Å². The Morgan fingerprint density at radius 2 is 2.35 bits per heavy atom. The van der Waals surface area contributed by atoms with Crippen LogP contribution < -0.4 is 5.32 Å². The molecule has 1 amide bonds. The minimum atomic E-state index is 0.106. The number of thiazole rings is 1. The number of unbranched alkanes of at least 4 members (excludes halogenated alkanes) is 1. The van der Waals surface area contributed by atoms with E-state index in [1.165, 1.54) is 0 Å². The number of pyridine rings is 1. The third kappa shape index (κ3) is 4.42. The number of carbonyl (C=O) groups excluding carboxylic acids is 1. The van der Waals surface area contributed by atoms with Crippen LogP contribution in [0.3, 0.4) is 0 Å². The Morgan fingerprint density at radius 3 is 3.10 bits per heavy atom. The molecule has 2 aromatic heterocycles. The van der Waals surface area contributed by atoms with Gasteiger partial charge in [-0.05, 0) is 25.0 Å². The quantitative estimate of drug-likeness (QED) is 0.797. The Bertz CT molecular complexity index is 539. The lowest BCUT2D eigenvalue weighted by Crippen LogP contribution is -2.24. The summed E-state index contributed by atoms with van der Waals surface area (Å²) in [7, 11) is 0. The van der Waals surface area contributed by atoms with Crippen molar-refractivity contribution in [3.8, 4) is 10.6 Å². The van der Waals surface area contributed by atoms with Gasteiger partial charge in [-0.1, -0.05) is 13.3 Å². The summed E-state index contributed by atoms with van der Waals surface area (Å²) in [6, 6.07) is 3.89. The molecular formula is C15H19N3OS. The molecule has 0 bridgehead atoms. The molecular weight excluding hydrogens is 270 g/mol. The second kappa shape index (κ2) is 7.75. The molecule has 0 aliphatic carbocycles. The van der Waals surface area contributed by atoms with Gasteiger partial charge >= 0.3 is 0 Å². The van der Waals surface area contributed by atoms with Crippen LogP contribution in [0.25, 0.3) is 10.6 Å². The largest absolute Gasteiger partial charge is 0.356 e. The maximum absolute atomic E-state index is 11.6. The molecule has 0 radical (unpaired) electrons. The Labute approximate surface area is 123 Å². The van der Waals surface area contributed by atoms with Crippen LogP contribution >= 0.6 is 11.3 Å². The van der Waals surface area contributed by atoms with Crippen LogP contribution in [-0.4, -0.2) is 22.4 Å². The third-order valence-electron chi connectivity index (χ3n) is 2.92. The first-order chi connectivity index (χ1) is 9.79. The normalized spacial score (nSPS) is 10.4. The van der Waals surface area contributed by atoms with Crippen molar-refractivity contribution in [1.82, 2.24) is 15.3 Å². The highest BCUT2D eigenvalue weighted by molar-refractivity contribution is 7.13. The number of aromatic nitrogens is 2. The first-order valence-corrected chi connectivity index (χ1v) is 7.79. The van der Waals surface area contributed by atoms with Crippen LogP contribution in [0.5, 0.6) is 0 Å². The maximum Gasteiger partial charge on any atom is 0.220 e. The predicted octanol–water partition coefficient (Wildman–Crippen LogP) is 3.05. The summed E-state index contributed by atoms with van der Waals surface area (Å²) in [6.07, 6.45) is 6.88. The average molecular weight is 289 g/mol. The van der Waals surface area contributed by atoms with Crippen LogP contribution in [0.1, 0.15) is 31.9 Å². The van der Waals surface area contributed by atoms with Crippen molar-refractivity contribution in [3.63, 3.8) is 0 Å². The fraction of sp³-hybridized carbons (Fsp3) is 0.400. The molecule has 0 fully saturated rings. The van der Waals surface area contributed by atoms with Gasteiger partial charge < -0.3 is 5.32 Å². The Balaban J connectivity index is 1.83. The monoisotopic (exact) mass is 289 g/mol. The first-order valence-electron chi connectivity index (χ1n) is 6.91.